The van der Waals surface area contributed by atoms with E-state index in [0.717, 1.165) is 18.5 Å². The minimum absolute atomic E-state index is 0.157. The van der Waals surface area contributed by atoms with E-state index in [1.54, 1.807) is 40.3 Å². The quantitative estimate of drug-likeness (QED) is 0.652. The molecule has 1 aromatic heterocycles. The molecule has 1 saturated heterocycles. The zero-order valence-electron chi connectivity index (χ0n) is 18.5. The molecule has 1 atom stereocenters. The van der Waals surface area contributed by atoms with Gasteiger partial charge in [-0.1, -0.05) is 18.2 Å². The molecule has 3 heterocycles. The fourth-order valence-electron chi connectivity index (χ4n) is 4.51. The molecule has 33 heavy (non-hydrogen) atoms. The maximum absolute atomic E-state index is 13.5. The van der Waals surface area contributed by atoms with Gasteiger partial charge >= 0.3 is 0 Å². The molecule has 2 aliphatic rings. The zero-order chi connectivity index (χ0) is 23.2. The summed E-state index contributed by atoms with van der Waals surface area (Å²) in [4.78, 5) is 49.1. The SMILES string of the molecule is N#CCCN(CCc1ccccn1)C(=O)CN1C(=O)C2CCCCN2C(=O)c2ccccc21. The third-order valence-corrected chi connectivity index (χ3v) is 6.24. The van der Waals surface area contributed by atoms with Crippen LogP contribution in [0.5, 0.6) is 0 Å². The number of para-hydroxylation sites is 1. The van der Waals surface area contributed by atoms with Gasteiger partial charge in [0.1, 0.15) is 12.6 Å². The van der Waals surface area contributed by atoms with Crippen molar-refractivity contribution in [1.82, 2.24) is 14.8 Å². The third-order valence-electron chi connectivity index (χ3n) is 6.24. The lowest BCUT2D eigenvalue weighted by Gasteiger charge is -2.34. The monoisotopic (exact) mass is 445 g/mol. The van der Waals surface area contributed by atoms with Crippen molar-refractivity contribution < 1.29 is 14.4 Å². The van der Waals surface area contributed by atoms with Crippen LogP contribution in [-0.2, 0) is 16.0 Å². The Bertz CT molecular complexity index is 1070. The maximum Gasteiger partial charge on any atom is 0.256 e. The number of carbonyl (C=O) groups excluding carboxylic acids is 3. The van der Waals surface area contributed by atoms with E-state index in [1.807, 2.05) is 18.2 Å². The topological polar surface area (TPSA) is 97.6 Å². The van der Waals surface area contributed by atoms with Gasteiger partial charge in [0, 0.05) is 37.9 Å². The molecule has 0 aliphatic carbocycles. The summed E-state index contributed by atoms with van der Waals surface area (Å²) in [7, 11) is 0. The third kappa shape index (κ3) is 4.87. The zero-order valence-corrected chi connectivity index (χ0v) is 18.5. The summed E-state index contributed by atoms with van der Waals surface area (Å²) < 4.78 is 0. The fraction of sp³-hybridized carbons (Fsp3) is 0.400. The molecular weight excluding hydrogens is 418 g/mol. The number of anilines is 1. The average molecular weight is 446 g/mol. The van der Waals surface area contributed by atoms with Crippen LogP contribution in [0.1, 0.15) is 41.7 Å². The van der Waals surface area contributed by atoms with Crippen molar-refractivity contribution in [2.45, 2.75) is 38.1 Å². The maximum atomic E-state index is 13.5. The Kier molecular flexibility index (Phi) is 6.98. The molecule has 8 nitrogen and oxygen atoms in total. The van der Waals surface area contributed by atoms with E-state index >= 15 is 0 Å². The molecule has 170 valence electrons. The fourth-order valence-corrected chi connectivity index (χ4v) is 4.51. The highest BCUT2D eigenvalue weighted by Crippen LogP contribution is 2.31. The first-order chi connectivity index (χ1) is 16.1. The Hall–Kier alpha value is -3.73. The predicted molar refractivity (Wildman–Crippen MR) is 122 cm³/mol. The molecular formula is C25H27N5O3. The lowest BCUT2D eigenvalue weighted by molar-refractivity contribution is -0.132. The molecule has 0 radical (unpaired) electrons. The van der Waals surface area contributed by atoms with E-state index in [4.69, 9.17) is 5.26 Å². The van der Waals surface area contributed by atoms with Gasteiger partial charge < -0.3 is 14.7 Å². The summed E-state index contributed by atoms with van der Waals surface area (Å²) in [6, 6.07) is 14.2. The molecule has 0 bridgehead atoms. The van der Waals surface area contributed by atoms with Gasteiger partial charge in [0.25, 0.3) is 5.91 Å². The normalized spacial score (nSPS) is 17.6. The van der Waals surface area contributed by atoms with Crippen molar-refractivity contribution in [1.29, 1.82) is 5.26 Å². The van der Waals surface area contributed by atoms with Crippen LogP contribution in [-0.4, -0.2) is 64.7 Å². The van der Waals surface area contributed by atoms with Gasteiger partial charge in [0.15, 0.2) is 0 Å². The van der Waals surface area contributed by atoms with Gasteiger partial charge in [0.05, 0.1) is 23.7 Å². The van der Waals surface area contributed by atoms with Crippen LogP contribution in [0.25, 0.3) is 0 Å². The van der Waals surface area contributed by atoms with Crippen molar-refractivity contribution in [3.8, 4) is 6.07 Å². The minimum atomic E-state index is -0.549. The number of fused-ring (bicyclic) bond motifs is 2. The number of rotatable bonds is 7. The van der Waals surface area contributed by atoms with Crippen molar-refractivity contribution in [3.05, 3.63) is 59.9 Å². The summed E-state index contributed by atoms with van der Waals surface area (Å²) in [5, 5.41) is 9.06. The van der Waals surface area contributed by atoms with Crippen LogP contribution in [0.2, 0.25) is 0 Å². The number of piperidine rings is 1. The number of amides is 3. The lowest BCUT2D eigenvalue weighted by atomic mass is 10.0. The van der Waals surface area contributed by atoms with Crippen LogP contribution in [0.15, 0.2) is 48.7 Å². The summed E-state index contributed by atoms with van der Waals surface area (Å²) in [5.41, 5.74) is 1.77. The van der Waals surface area contributed by atoms with Gasteiger partial charge in [-0.2, -0.15) is 5.26 Å². The molecule has 0 spiro atoms. The summed E-state index contributed by atoms with van der Waals surface area (Å²) in [6.07, 6.45) is 4.80. The summed E-state index contributed by atoms with van der Waals surface area (Å²) >= 11 is 0. The van der Waals surface area contributed by atoms with Crippen molar-refractivity contribution >= 4 is 23.4 Å². The van der Waals surface area contributed by atoms with Crippen LogP contribution >= 0.6 is 0 Å². The molecule has 0 saturated carbocycles. The Balaban J connectivity index is 1.58. The number of pyridine rings is 1. The molecule has 4 rings (SSSR count). The standard InChI is InChI=1S/C25H27N5O3/c26-13-7-15-28(17-12-19-8-3-5-14-27-19)23(31)18-30-21-10-2-1-9-20(21)24(32)29-16-6-4-11-22(29)25(30)33/h1-3,5,8-10,14,22H,4,6-7,11-12,15-18H2. The number of benzene rings is 1. The Morgan fingerprint density at radius 3 is 2.73 bits per heavy atom. The van der Waals surface area contributed by atoms with E-state index in [-0.39, 0.29) is 37.2 Å². The molecule has 2 aliphatic heterocycles. The highest BCUT2D eigenvalue weighted by molar-refractivity contribution is 6.12. The highest BCUT2D eigenvalue weighted by Gasteiger charge is 2.41. The molecule has 2 aromatic rings. The number of nitrogens with zero attached hydrogens (tertiary/aromatic N) is 5. The Morgan fingerprint density at radius 2 is 1.94 bits per heavy atom. The number of hydrogen-bond donors (Lipinski definition) is 0. The van der Waals surface area contributed by atoms with Gasteiger partial charge in [0.2, 0.25) is 11.8 Å². The van der Waals surface area contributed by atoms with Crippen LogP contribution in [0.3, 0.4) is 0 Å². The molecule has 0 N–H and O–H groups in total. The highest BCUT2D eigenvalue weighted by atomic mass is 16.2. The molecule has 8 heteroatoms. The van der Waals surface area contributed by atoms with E-state index in [0.29, 0.717) is 37.2 Å². The summed E-state index contributed by atoms with van der Waals surface area (Å²) in [6.45, 7) is 1.06. The summed E-state index contributed by atoms with van der Waals surface area (Å²) in [5.74, 6) is -0.623. The second-order valence-corrected chi connectivity index (χ2v) is 8.31. The lowest BCUT2D eigenvalue weighted by Crippen LogP contribution is -2.52. The average Bonchev–Trinajstić information content (AvgIpc) is 2.94. The number of aromatic nitrogens is 1. The van der Waals surface area contributed by atoms with E-state index < -0.39 is 6.04 Å². The van der Waals surface area contributed by atoms with Gasteiger partial charge in [-0.25, -0.2) is 0 Å². The Labute approximate surface area is 193 Å². The van der Waals surface area contributed by atoms with E-state index in [1.165, 1.54) is 4.90 Å². The second kappa shape index (κ2) is 10.3. The van der Waals surface area contributed by atoms with Crippen LogP contribution in [0, 0.1) is 11.3 Å². The first-order valence-corrected chi connectivity index (χ1v) is 11.4. The number of hydrogen-bond acceptors (Lipinski definition) is 5. The number of nitriles is 1. The number of carbonyl (C=O) groups is 3. The van der Waals surface area contributed by atoms with Crippen LogP contribution in [0.4, 0.5) is 5.69 Å². The van der Waals surface area contributed by atoms with Gasteiger partial charge in [-0.3, -0.25) is 19.4 Å². The second-order valence-electron chi connectivity index (χ2n) is 8.31. The van der Waals surface area contributed by atoms with Gasteiger partial charge in [-0.15, -0.1) is 0 Å². The van der Waals surface area contributed by atoms with Crippen molar-refractivity contribution in [2.75, 3.05) is 31.1 Å². The first-order valence-electron chi connectivity index (χ1n) is 11.4. The van der Waals surface area contributed by atoms with Crippen molar-refractivity contribution in [2.24, 2.45) is 0 Å². The van der Waals surface area contributed by atoms with E-state index in [2.05, 4.69) is 11.1 Å². The Morgan fingerprint density at radius 1 is 1.12 bits per heavy atom. The molecule has 3 amide bonds. The van der Waals surface area contributed by atoms with Crippen LogP contribution < -0.4 is 4.90 Å². The predicted octanol–water partition coefficient (Wildman–Crippen LogP) is 2.41. The molecule has 1 unspecified atom stereocenters. The smallest absolute Gasteiger partial charge is 0.256 e. The molecule has 1 aromatic carbocycles. The van der Waals surface area contributed by atoms with Gasteiger partial charge in [-0.05, 0) is 43.5 Å². The van der Waals surface area contributed by atoms with Crippen molar-refractivity contribution in [3.63, 3.8) is 0 Å². The largest absolute Gasteiger partial charge is 0.340 e. The first kappa shape index (κ1) is 22.5. The molecule has 1 fully saturated rings. The van der Waals surface area contributed by atoms with E-state index in [9.17, 15) is 14.4 Å². The minimum Gasteiger partial charge on any atom is -0.340 e.